The quantitative estimate of drug-likeness (QED) is 0.620. The molecule has 1 fully saturated rings. The first-order valence-electron chi connectivity index (χ1n) is 8.76. The molecule has 0 amide bonds. The van der Waals surface area contributed by atoms with E-state index in [0.717, 1.165) is 19.3 Å². The number of hydrogen-bond acceptors (Lipinski definition) is 5. The minimum Gasteiger partial charge on any atom is -0.479 e. The largest absolute Gasteiger partial charge is 0.479 e. The minimum absolute atomic E-state index is 0.112. The van der Waals surface area contributed by atoms with Crippen molar-refractivity contribution in [3.63, 3.8) is 0 Å². The van der Waals surface area contributed by atoms with Crippen molar-refractivity contribution < 1.29 is 22.8 Å². The molecule has 1 aliphatic rings. The van der Waals surface area contributed by atoms with Crippen LogP contribution in [0, 0.1) is 18.6 Å². The molecule has 2 heterocycles. The molecular weight excluding hydrogens is 354 g/mol. The molecule has 0 radical (unpaired) electrons. The molecule has 0 atom stereocenters. The summed E-state index contributed by atoms with van der Waals surface area (Å²) in [4.78, 5) is 4.22. The number of hydrogen-bond donors (Lipinski definition) is 0. The summed E-state index contributed by atoms with van der Waals surface area (Å²) in [5.74, 6) is -1.30. The van der Waals surface area contributed by atoms with E-state index >= 15 is 0 Å². The van der Waals surface area contributed by atoms with E-state index in [9.17, 15) is 8.78 Å². The molecule has 0 bridgehead atoms. The fourth-order valence-electron chi connectivity index (χ4n) is 2.83. The van der Waals surface area contributed by atoms with Gasteiger partial charge in [0.05, 0.1) is 5.69 Å². The topological polar surface area (TPSA) is 57.4 Å². The van der Waals surface area contributed by atoms with Crippen molar-refractivity contribution in [3.8, 4) is 22.8 Å². The van der Waals surface area contributed by atoms with Gasteiger partial charge in [0.25, 0.3) is 0 Å². The zero-order valence-corrected chi connectivity index (χ0v) is 14.7. The van der Waals surface area contributed by atoms with Gasteiger partial charge in [-0.1, -0.05) is 5.16 Å². The Hall–Kier alpha value is -2.96. The fraction of sp³-hybridized carbons (Fsp3) is 0.300. The molecule has 5 nitrogen and oxygen atoms in total. The van der Waals surface area contributed by atoms with Crippen molar-refractivity contribution in [1.29, 1.82) is 0 Å². The van der Waals surface area contributed by atoms with Crippen molar-refractivity contribution in [1.82, 2.24) is 10.1 Å². The van der Waals surface area contributed by atoms with E-state index in [0.29, 0.717) is 28.5 Å². The molecule has 2 aromatic heterocycles. The summed E-state index contributed by atoms with van der Waals surface area (Å²) in [5.41, 5.74) is 1.55. The third-order valence-corrected chi connectivity index (χ3v) is 4.45. The van der Waals surface area contributed by atoms with E-state index in [-0.39, 0.29) is 12.7 Å². The lowest BCUT2D eigenvalue weighted by Gasteiger charge is -2.26. The average Bonchev–Trinajstić information content (AvgIpc) is 3.03. The third kappa shape index (κ3) is 3.77. The molecule has 0 saturated heterocycles. The first kappa shape index (κ1) is 17.5. The lowest BCUT2D eigenvalue weighted by atomic mass is 9.96. The van der Waals surface area contributed by atoms with Crippen LogP contribution in [0.4, 0.5) is 8.78 Å². The van der Waals surface area contributed by atoms with Crippen molar-refractivity contribution in [2.24, 2.45) is 0 Å². The molecule has 1 saturated carbocycles. The number of pyridine rings is 1. The zero-order valence-electron chi connectivity index (χ0n) is 14.7. The number of ether oxygens (including phenoxy) is 2. The predicted molar refractivity (Wildman–Crippen MR) is 93.4 cm³/mol. The van der Waals surface area contributed by atoms with Crippen LogP contribution in [0.3, 0.4) is 0 Å². The number of benzene rings is 1. The van der Waals surface area contributed by atoms with Gasteiger partial charge in [0.1, 0.15) is 12.7 Å². The molecule has 1 aliphatic carbocycles. The van der Waals surface area contributed by atoms with Crippen LogP contribution in [0.5, 0.6) is 11.6 Å². The Morgan fingerprint density at radius 1 is 1.19 bits per heavy atom. The maximum atomic E-state index is 14.5. The van der Waals surface area contributed by atoms with Gasteiger partial charge in [-0.2, -0.15) is 0 Å². The van der Waals surface area contributed by atoms with Crippen molar-refractivity contribution in [3.05, 3.63) is 59.6 Å². The Morgan fingerprint density at radius 2 is 1.96 bits per heavy atom. The van der Waals surface area contributed by atoms with Gasteiger partial charge in [0.15, 0.2) is 23.1 Å². The van der Waals surface area contributed by atoms with Gasteiger partial charge in [-0.15, -0.1) is 0 Å². The molecule has 3 aromatic rings. The van der Waals surface area contributed by atoms with E-state index in [1.54, 1.807) is 31.3 Å². The molecule has 1 aromatic carbocycles. The van der Waals surface area contributed by atoms with Gasteiger partial charge in [-0.05, 0) is 56.0 Å². The molecule has 0 spiro atoms. The molecular formula is C20H18F2N2O3. The SMILES string of the molecule is Cc1cc(COc2c(F)cc(-c3cccnc3OC3CCC3)cc2F)on1. The lowest BCUT2D eigenvalue weighted by molar-refractivity contribution is 0.115. The smallest absolute Gasteiger partial charge is 0.221 e. The van der Waals surface area contributed by atoms with Crippen LogP contribution in [0.1, 0.15) is 30.7 Å². The maximum Gasteiger partial charge on any atom is 0.221 e. The van der Waals surface area contributed by atoms with Gasteiger partial charge in [-0.25, -0.2) is 13.8 Å². The van der Waals surface area contributed by atoms with E-state index in [1.807, 2.05) is 0 Å². The van der Waals surface area contributed by atoms with Crippen LogP contribution in [0.15, 0.2) is 41.1 Å². The first-order valence-corrected chi connectivity index (χ1v) is 8.76. The molecule has 4 rings (SSSR count). The summed E-state index contributed by atoms with van der Waals surface area (Å²) in [7, 11) is 0. The third-order valence-electron chi connectivity index (χ3n) is 4.45. The molecule has 27 heavy (non-hydrogen) atoms. The Bertz CT molecular complexity index is 931. The van der Waals surface area contributed by atoms with E-state index in [4.69, 9.17) is 14.0 Å². The van der Waals surface area contributed by atoms with Gasteiger partial charge >= 0.3 is 0 Å². The number of aryl methyl sites for hydroxylation is 1. The number of nitrogens with zero attached hydrogens (tertiary/aromatic N) is 2. The van der Waals surface area contributed by atoms with Crippen LogP contribution in [0.2, 0.25) is 0 Å². The second-order valence-corrected chi connectivity index (χ2v) is 6.52. The lowest BCUT2D eigenvalue weighted by Crippen LogP contribution is -2.25. The highest BCUT2D eigenvalue weighted by Gasteiger charge is 2.22. The van der Waals surface area contributed by atoms with Gasteiger partial charge in [-0.3, -0.25) is 0 Å². The van der Waals surface area contributed by atoms with Crippen LogP contribution >= 0.6 is 0 Å². The average molecular weight is 372 g/mol. The number of halogens is 2. The molecule has 0 aliphatic heterocycles. The van der Waals surface area contributed by atoms with E-state index in [2.05, 4.69) is 10.1 Å². The predicted octanol–water partition coefficient (Wildman–Crippen LogP) is 4.83. The molecule has 140 valence electrons. The van der Waals surface area contributed by atoms with Crippen LogP contribution in [-0.2, 0) is 6.61 Å². The zero-order chi connectivity index (χ0) is 18.8. The second kappa shape index (κ2) is 7.34. The van der Waals surface area contributed by atoms with Gasteiger partial charge in [0, 0.05) is 17.8 Å². The maximum absolute atomic E-state index is 14.5. The Morgan fingerprint density at radius 3 is 2.59 bits per heavy atom. The highest BCUT2D eigenvalue weighted by molar-refractivity contribution is 5.69. The summed E-state index contributed by atoms with van der Waals surface area (Å²) < 4.78 is 45.1. The molecule has 7 heteroatoms. The summed E-state index contributed by atoms with van der Waals surface area (Å²) in [6.45, 7) is 1.64. The Balaban J connectivity index is 1.58. The standard InChI is InChI=1S/C20H18F2N2O3/c1-12-8-15(27-24-12)11-25-19-17(21)9-13(10-18(19)22)16-6-3-7-23-20(16)26-14-4-2-5-14/h3,6-10,14H,2,4-5,11H2,1H3. The summed E-state index contributed by atoms with van der Waals surface area (Å²) >= 11 is 0. The van der Waals surface area contributed by atoms with Crippen molar-refractivity contribution >= 4 is 0 Å². The number of rotatable bonds is 6. The normalized spacial score (nSPS) is 14.0. The summed E-state index contributed by atoms with van der Waals surface area (Å²) in [6.07, 6.45) is 4.76. The number of aromatic nitrogens is 2. The van der Waals surface area contributed by atoms with E-state index < -0.39 is 17.4 Å². The second-order valence-electron chi connectivity index (χ2n) is 6.52. The van der Waals surface area contributed by atoms with Crippen molar-refractivity contribution in [2.75, 3.05) is 0 Å². The van der Waals surface area contributed by atoms with Crippen LogP contribution in [0.25, 0.3) is 11.1 Å². The molecule has 0 unspecified atom stereocenters. The monoisotopic (exact) mass is 372 g/mol. The summed E-state index contributed by atoms with van der Waals surface area (Å²) in [6, 6.07) is 7.51. The van der Waals surface area contributed by atoms with Crippen molar-refractivity contribution in [2.45, 2.75) is 38.9 Å². The summed E-state index contributed by atoms with van der Waals surface area (Å²) in [5, 5.41) is 3.71. The Labute approximate surface area is 154 Å². The van der Waals surface area contributed by atoms with Crippen LogP contribution < -0.4 is 9.47 Å². The Kier molecular flexibility index (Phi) is 4.75. The fourth-order valence-corrected chi connectivity index (χ4v) is 2.83. The highest BCUT2D eigenvalue weighted by Crippen LogP contribution is 2.35. The molecule has 0 N–H and O–H groups in total. The van der Waals surface area contributed by atoms with Gasteiger partial charge < -0.3 is 14.0 Å². The highest BCUT2D eigenvalue weighted by atomic mass is 19.1. The van der Waals surface area contributed by atoms with E-state index in [1.165, 1.54) is 12.1 Å². The minimum atomic E-state index is -0.806. The first-order chi connectivity index (χ1) is 13.1. The van der Waals surface area contributed by atoms with Crippen LogP contribution in [-0.4, -0.2) is 16.2 Å². The van der Waals surface area contributed by atoms with Gasteiger partial charge in [0.2, 0.25) is 5.88 Å².